The Morgan fingerprint density at radius 2 is 1.21 bits per heavy atom. The van der Waals surface area contributed by atoms with Crippen LogP contribution in [0.25, 0.3) is 0 Å². The smallest absolute Gasteiger partial charge is 0.512 e. The third-order valence-corrected chi connectivity index (χ3v) is 7.91. The van der Waals surface area contributed by atoms with E-state index in [2.05, 4.69) is 41.7 Å². The molecule has 0 radical (unpaired) electrons. The van der Waals surface area contributed by atoms with Crippen LogP contribution in [0.5, 0.6) is 0 Å². The van der Waals surface area contributed by atoms with Crippen molar-refractivity contribution < 1.29 is 38.5 Å². The van der Waals surface area contributed by atoms with Gasteiger partial charge in [-0.05, 0) is 108 Å². The van der Waals surface area contributed by atoms with E-state index in [1.807, 2.05) is 19.1 Å². The summed E-state index contributed by atoms with van der Waals surface area (Å²) < 4.78 is 10.8. The first-order valence-electron chi connectivity index (χ1n) is 11.8. The van der Waals surface area contributed by atoms with Gasteiger partial charge in [-0.15, -0.1) is 0 Å². The normalized spacial score (nSPS) is 13.4. The average molecular weight is 677 g/mol. The molecular formula is C29H30IN3O4Zn. The maximum atomic E-state index is 11.7. The van der Waals surface area contributed by atoms with Gasteiger partial charge in [-0.2, -0.15) is 5.26 Å². The second-order valence-corrected chi connectivity index (χ2v) is 9.96. The van der Waals surface area contributed by atoms with Crippen molar-refractivity contribution in [3.8, 4) is 6.07 Å². The number of benzene rings is 2. The molecule has 4 rings (SSSR count). The summed E-state index contributed by atoms with van der Waals surface area (Å²) in [4.78, 5) is 23.4. The molecule has 2 aromatic rings. The van der Waals surface area contributed by atoms with Crippen LogP contribution in [0.4, 0.5) is 0 Å². The molecule has 0 atom stereocenters. The Balaban J connectivity index is 0.000000624. The predicted molar refractivity (Wildman–Crippen MR) is 146 cm³/mol. The van der Waals surface area contributed by atoms with Crippen molar-refractivity contribution in [1.29, 1.82) is 15.8 Å². The van der Waals surface area contributed by atoms with Crippen molar-refractivity contribution in [1.82, 2.24) is 0 Å². The van der Waals surface area contributed by atoms with Crippen LogP contribution in [0.1, 0.15) is 98.9 Å². The Labute approximate surface area is 252 Å². The fourth-order valence-electron chi connectivity index (χ4n) is 4.24. The molecule has 0 aliphatic heterocycles. The van der Waals surface area contributed by atoms with E-state index >= 15 is 0 Å². The molecule has 7 nitrogen and oxygen atoms in total. The number of nitriles is 1. The van der Waals surface area contributed by atoms with Crippen LogP contribution >= 0.6 is 22.6 Å². The molecular weight excluding hydrogens is 647 g/mol. The fourth-order valence-corrected chi connectivity index (χ4v) is 4.71. The minimum absolute atomic E-state index is 0. The van der Waals surface area contributed by atoms with Gasteiger partial charge in [-0.25, -0.2) is 9.59 Å². The average Bonchev–Trinajstić information content (AvgIpc) is 2.86. The third-order valence-electron chi connectivity index (χ3n) is 6.75. The molecule has 2 aliphatic carbocycles. The SMILES string of the molecule is COC(=O)c1cc(C#N)c(C)cc1C1CCC1.COC(=O)c1cc(I)c(C)cc1C1CCC1.[C-]#N.[C-]#N.[Zn+2]. The molecule has 0 bridgehead atoms. The number of carbonyl (C=O) groups is 2. The van der Waals surface area contributed by atoms with Crippen molar-refractivity contribution in [3.05, 3.63) is 79.9 Å². The molecule has 9 heteroatoms. The number of halogens is 1. The molecule has 0 saturated heterocycles. The largest absolute Gasteiger partial charge is 2.00 e. The standard InChI is InChI=1S/C14H15NO2.C13H15IO2.2CN.Zn/c1-9-6-12(10-4-3-5-10)13(14(16)17-2)7-11(9)8-15;1-8-6-10(9-4-3-5-9)11(7-12(8)14)13(15)16-2;2*1-2;/h6-7,10H,3-5H2,1-2H3;6-7,9H,3-5H2,1-2H3;;;/q;;2*-1;+2. The van der Waals surface area contributed by atoms with Crippen molar-refractivity contribution in [2.24, 2.45) is 0 Å². The summed E-state index contributed by atoms with van der Waals surface area (Å²) >= 11 is 2.26. The van der Waals surface area contributed by atoms with Crippen LogP contribution in [0.3, 0.4) is 0 Å². The second-order valence-electron chi connectivity index (χ2n) is 8.79. The first-order valence-corrected chi connectivity index (χ1v) is 12.8. The first kappa shape index (κ1) is 35.2. The quantitative estimate of drug-likeness (QED) is 0.152. The van der Waals surface area contributed by atoms with E-state index < -0.39 is 0 Å². The van der Waals surface area contributed by atoms with Crippen LogP contribution in [-0.2, 0) is 29.0 Å². The number of nitrogens with zero attached hydrogens (tertiary/aromatic N) is 3. The maximum absolute atomic E-state index is 11.7. The van der Waals surface area contributed by atoms with Crippen molar-refractivity contribution in [2.45, 2.75) is 64.2 Å². The molecule has 194 valence electrons. The van der Waals surface area contributed by atoms with Gasteiger partial charge in [0, 0.05) is 3.57 Å². The monoisotopic (exact) mass is 675 g/mol. The molecule has 2 aliphatic rings. The Bertz CT molecular complexity index is 1190. The third kappa shape index (κ3) is 8.62. The van der Waals surface area contributed by atoms with Crippen molar-refractivity contribution in [2.75, 3.05) is 14.2 Å². The number of ether oxygens (including phenoxy) is 2. The maximum Gasteiger partial charge on any atom is 2.00 e. The number of rotatable bonds is 4. The van der Waals surface area contributed by atoms with E-state index in [0.717, 1.165) is 33.1 Å². The topological polar surface area (TPSA) is 124 Å². The molecule has 38 heavy (non-hydrogen) atoms. The van der Waals surface area contributed by atoms with Crippen LogP contribution in [-0.4, -0.2) is 26.2 Å². The van der Waals surface area contributed by atoms with Gasteiger partial charge in [0.05, 0.1) is 37.0 Å². The molecule has 0 N–H and O–H groups in total. The molecule has 0 heterocycles. The number of hydrogen-bond acceptors (Lipinski definition) is 7. The summed E-state index contributed by atoms with van der Waals surface area (Å²) in [7, 11) is 2.82. The Morgan fingerprint density at radius 1 is 0.816 bits per heavy atom. The van der Waals surface area contributed by atoms with Crippen LogP contribution in [0, 0.1) is 52.4 Å². The van der Waals surface area contributed by atoms with Crippen LogP contribution in [0.15, 0.2) is 24.3 Å². The summed E-state index contributed by atoms with van der Waals surface area (Å²) in [5.74, 6) is 0.462. The number of carbonyl (C=O) groups excluding carboxylic acids is 2. The molecule has 2 aromatic carbocycles. The van der Waals surface area contributed by atoms with Crippen molar-refractivity contribution >= 4 is 34.5 Å². The molecule has 0 spiro atoms. The molecule has 0 amide bonds. The minimum atomic E-state index is -0.344. The van der Waals surface area contributed by atoms with Gasteiger partial charge in [-0.3, -0.25) is 0 Å². The number of aryl methyl sites for hydroxylation is 2. The van der Waals surface area contributed by atoms with E-state index in [0.29, 0.717) is 23.0 Å². The predicted octanol–water partition coefficient (Wildman–Crippen LogP) is 6.76. The van der Waals surface area contributed by atoms with Gasteiger partial charge in [0.15, 0.2) is 0 Å². The van der Waals surface area contributed by atoms with Gasteiger partial charge in [0.1, 0.15) is 0 Å². The zero-order valence-corrected chi connectivity index (χ0v) is 27.4. The zero-order valence-electron chi connectivity index (χ0n) is 22.3. The summed E-state index contributed by atoms with van der Waals surface area (Å²) in [6.07, 6.45) is 7.12. The second kappa shape index (κ2) is 17.7. The summed E-state index contributed by atoms with van der Waals surface area (Å²) in [6.45, 7) is 13.5. The summed E-state index contributed by atoms with van der Waals surface area (Å²) in [5, 5.41) is 21.5. The molecule has 2 fully saturated rings. The van der Waals surface area contributed by atoms with E-state index in [1.165, 1.54) is 51.0 Å². The van der Waals surface area contributed by atoms with Gasteiger partial charge < -0.3 is 33.1 Å². The van der Waals surface area contributed by atoms with E-state index in [4.69, 9.17) is 38.4 Å². The Kier molecular flexibility index (Phi) is 16.4. The van der Waals surface area contributed by atoms with Crippen LogP contribution in [0.2, 0.25) is 0 Å². The first-order chi connectivity index (χ1) is 17.8. The minimum Gasteiger partial charge on any atom is -0.512 e. The number of methoxy groups -OCH3 is 2. The summed E-state index contributed by atoms with van der Waals surface area (Å²) in [5.41, 5.74) is 6.25. The molecule has 2 saturated carbocycles. The summed E-state index contributed by atoms with van der Waals surface area (Å²) in [6, 6.07) is 9.84. The van der Waals surface area contributed by atoms with E-state index in [-0.39, 0.29) is 31.4 Å². The number of esters is 2. The number of hydrogen-bond donors (Lipinski definition) is 0. The molecule has 0 aromatic heterocycles. The van der Waals surface area contributed by atoms with Gasteiger partial charge in [0.2, 0.25) is 0 Å². The van der Waals surface area contributed by atoms with E-state index in [9.17, 15) is 9.59 Å². The Hall–Kier alpha value is -2.80. The van der Waals surface area contributed by atoms with Gasteiger partial charge in [-0.1, -0.05) is 25.0 Å². The molecule has 0 unspecified atom stereocenters. The van der Waals surface area contributed by atoms with Gasteiger partial charge >= 0.3 is 31.4 Å². The van der Waals surface area contributed by atoms with Crippen LogP contribution < -0.4 is 0 Å². The van der Waals surface area contributed by atoms with E-state index in [1.54, 1.807) is 6.07 Å². The Morgan fingerprint density at radius 3 is 1.55 bits per heavy atom. The zero-order chi connectivity index (χ0) is 28.1. The fraction of sp³-hybridized carbons (Fsp3) is 0.414. The van der Waals surface area contributed by atoms with Crippen molar-refractivity contribution in [3.63, 3.8) is 0 Å². The van der Waals surface area contributed by atoms with Gasteiger partial charge in [0.25, 0.3) is 0 Å².